The average molecular weight is 538 g/mol. The molecule has 0 saturated heterocycles. The largest absolute Gasteiger partial charge is 0.495 e. The van der Waals surface area contributed by atoms with Crippen molar-refractivity contribution in [1.82, 2.24) is 10.6 Å². The summed E-state index contributed by atoms with van der Waals surface area (Å²) >= 11 is 0. The molecule has 0 unspecified atom stereocenters. The minimum absolute atomic E-state index is 0. The van der Waals surface area contributed by atoms with Gasteiger partial charge in [0.2, 0.25) is 5.91 Å². The molecule has 0 aliphatic carbocycles. The van der Waals surface area contributed by atoms with Crippen LogP contribution < -0.4 is 25.4 Å². The van der Waals surface area contributed by atoms with Gasteiger partial charge in [-0.15, -0.1) is 24.0 Å². The maximum atomic E-state index is 11.4. The molecular formula is C23H31IN4O3. The topological polar surface area (TPSA) is 84.0 Å². The number of nitrogens with zero attached hydrogens (tertiary/aromatic N) is 1. The van der Waals surface area contributed by atoms with Crippen LogP contribution in [0.4, 0.5) is 5.69 Å². The third-order valence-electron chi connectivity index (χ3n) is 4.11. The SMILES string of the molecule is C=CCOc1ccccc1CNC(=NCc1ccc(OC)c(NC(C)=O)c1)NCC.I. The summed E-state index contributed by atoms with van der Waals surface area (Å²) in [6.45, 7) is 9.38. The van der Waals surface area contributed by atoms with Crippen LogP contribution in [0.5, 0.6) is 11.5 Å². The molecule has 0 saturated carbocycles. The molecular weight excluding hydrogens is 507 g/mol. The molecule has 2 aromatic rings. The molecule has 0 aromatic heterocycles. The van der Waals surface area contributed by atoms with E-state index in [9.17, 15) is 4.79 Å². The van der Waals surface area contributed by atoms with Crippen LogP contribution in [0, 0.1) is 0 Å². The van der Waals surface area contributed by atoms with E-state index < -0.39 is 0 Å². The molecule has 0 spiro atoms. The molecule has 1 amide bonds. The van der Waals surface area contributed by atoms with E-state index in [1.165, 1.54) is 6.92 Å². The number of anilines is 1. The lowest BCUT2D eigenvalue weighted by molar-refractivity contribution is -0.114. The molecule has 2 aromatic carbocycles. The van der Waals surface area contributed by atoms with Crippen molar-refractivity contribution in [2.45, 2.75) is 26.9 Å². The van der Waals surface area contributed by atoms with Crippen molar-refractivity contribution in [1.29, 1.82) is 0 Å². The van der Waals surface area contributed by atoms with Gasteiger partial charge in [0.25, 0.3) is 0 Å². The number of benzene rings is 2. The van der Waals surface area contributed by atoms with Crippen LogP contribution in [0.15, 0.2) is 60.1 Å². The van der Waals surface area contributed by atoms with Crippen LogP contribution in [0.1, 0.15) is 25.0 Å². The second-order valence-corrected chi connectivity index (χ2v) is 6.47. The van der Waals surface area contributed by atoms with E-state index in [0.29, 0.717) is 37.1 Å². The number of hydrogen-bond donors (Lipinski definition) is 3. The number of methoxy groups -OCH3 is 1. The van der Waals surface area contributed by atoms with Gasteiger partial charge in [-0.3, -0.25) is 4.79 Å². The third kappa shape index (κ3) is 8.87. The van der Waals surface area contributed by atoms with Crippen molar-refractivity contribution in [3.63, 3.8) is 0 Å². The highest BCUT2D eigenvalue weighted by Gasteiger charge is 2.07. The van der Waals surface area contributed by atoms with Crippen LogP contribution >= 0.6 is 24.0 Å². The first-order chi connectivity index (χ1) is 14.6. The van der Waals surface area contributed by atoms with Gasteiger partial charge >= 0.3 is 0 Å². The van der Waals surface area contributed by atoms with Gasteiger partial charge in [0.1, 0.15) is 18.1 Å². The van der Waals surface area contributed by atoms with Crippen LogP contribution in [0.3, 0.4) is 0 Å². The summed E-state index contributed by atoms with van der Waals surface area (Å²) in [4.78, 5) is 16.1. The summed E-state index contributed by atoms with van der Waals surface area (Å²) in [5, 5.41) is 9.36. The highest BCUT2D eigenvalue weighted by atomic mass is 127. The van der Waals surface area contributed by atoms with Crippen molar-refractivity contribution >= 4 is 41.5 Å². The van der Waals surface area contributed by atoms with E-state index in [1.807, 2.05) is 49.4 Å². The lowest BCUT2D eigenvalue weighted by Crippen LogP contribution is -2.36. The Morgan fingerprint density at radius 2 is 1.94 bits per heavy atom. The van der Waals surface area contributed by atoms with E-state index >= 15 is 0 Å². The number of guanidine groups is 1. The minimum atomic E-state index is -0.152. The van der Waals surface area contributed by atoms with Crippen LogP contribution in [-0.2, 0) is 17.9 Å². The molecule has 7 nitrogen and oxygen atoms in total. The first kappa shape index (κ1) is 26.3. The molecule has 31 heavy (non-hydrogen) atoms. The number of carbonyl (C=O) groups is 1. The van der Waals surface area contributed by atoms with Crippen molar-refractivity contribution < 1.29 is 14.3 Å². The highest BCUT2D eigenvalue weighted by Crippen LogP contribution is 2.25. The van der Waals surface area contributed by atoms with Crippen molar-refractivity contribution in [2.75, 3.05) is 25.6 Å². The van der Waals surface area contributed by atoms with Crippen LogP contribution in [0.2, 0.25) is 0 Å². The number of halogens is 1. The smallest absolute Gasteiger partial charge is 0.221 e. The van der Waals surface area contributed by atoms with E-state index in [1.54, 1.807) is 13.2 Å². The van der Waals surface area contributed by atoms with Gasteiger partial charge in [-0.25, -0.2) is 4.99 Å². The Morgan fingerprint density at radius 1 is 1.16 bits per heavy atom. The lowest BCUT2D eigenvalue weighted by atomic mass is 10.2. The first-order valence-electron chi connectivity index (χ1n) is 9.85. The number of carbonyl (C=O) groups excluding carboxylic acids is 1. The second kappa shape index (κ2) is 14.3. The summed E-state index contributed by atoms with van der Waals surface area (Å²) in [6, 6.07) is 13.5. The fourth-order valence-electron chi connectivity index (χ4n) is 2.77. The summed E-state index contributed by atoms with van der Waals surface area (Å²) in [5.41, 5.74) is 2.61. The zero-order chi connectivity index (χ0) is 21.8. The quantitative estimate of drug-likeness (QED) is 0.184. The standard InChI is InChI=1S/C23H30N4O3.HI/c1-5-13-30-21-10-8-7-9-19(21)16-26-23(24-6-2)25-15-18-11-12-22(29-4)20(14-18)27-17(3)28;/h5,7-12,14H,1,6,13,15-16H2,2-4H3,(H,27,28)(H2,24,25,26);1H. The second-order valence-electron chi connectivity index (χ2n) is 6.47. The van der Waals surface area contributed by atoms with Gasteiger partial charge in [-0.2, -0.15) is 0 Å². The predicted molar refractivity (Wildman–Crippen MR) is 137 cm³/mol. The van der Waals surface area contributed by atoms with Gasteiger partial charge in [0.05, 0.1) is 19.3 Å². The van der Waals surface area contributed by atoms with Crippen LogP contribution in [0.25, 0.3) is 0 Å². The summed E-state index contributed by atoms with van der Waals surface area (Å²) in [6.07, 6.45) is 1.72. The Hall–Kier alpha value is -2.75. The maximum absolute atomic E-state index is 11.4. The fraction of sp³-hybridized carbons (Fsp3) is 0.304. The molecule has 0 radical (unpaired) electrons. The summed E-state index contributed by atoms with van der Waals surface area (Å²) in [7, 11) is 1.57. The molecule has 0 aliphatic heterocycles. The van der Waals surface area contributed by atoms with E-state index in [4.69, 9.17) is 9.47 Å². The Kier molecular flexibility index (Phi) is 12.1. The number of amides is 1. The Morgan fingerprint density at radius 3 is 2.61 bits per heavy atom. The summed E-state index contributed by atoms with van der Waals surface area (Å²) in [5.74, 6) is 1.96. The van der Waals surface area contributed by atoms with E-state index in [2.05, 4.69) is 27.5 Å². The Balaban J connectivity index is 0.00000480. The van der Waals surface area contributed by atoms with E-state index in [0.717, 1.165) is 23.4 Å². The van der Waals surface area contributed by atoms with Crippen molar-refractivity contribution in [3.05, 3.63) is 66.2 Å². The van der Waals surface area contributed by atoms with Gasteiger partial charge in [0.15, 0.2) is 5.96 Å². The lowest BCUT2D eigenvalue weighted by Gasteiger charge is -2.14. The molecule has 0 fully saturated rings. The predicted octanol–water partition coefficient (Wildman–Crippen LogP) is 4.09. The summed E-state index contributed by atoms with van der Waals surface area (Å²) < 4.78 is 11.0. The Labute approximate surface area is 201 Å². The number of aliphatic imine (C=N–C) groups is 1. The molecule has 168 valence electrons. The van der Waals surface area contributed by atoms with Gasteiger partial charge in [-0.05, 0) is 30.7 Å². The zero-order valence-electron chi connectivity index (χ0n) is 18.2. The molecule has 2 rings (SSSR count). The van der Waals surface area contributed by atoms with Gasteiger partial charge in [0, 0.05) is 25.6 Å². The molecule has 0 atom stereocenters. The normalized spacial score (nSPS) is 10.5. The third-order valence-corrected chi connectivity index (χ3v) is 4.11. The number of hydrogen-bond acceptors (Lipinski definition) is 4. The van der Waals surface area contributed by atoms with Gasteiger partial charge < -0.3 is 25.4 Å². The number of ether oxygens (including phenoxy) is 2. The first-order valence-corrected chi connectivity index (χ1v) is 9.85. The molecule has 3 N–H and O–H groups in total. The van der Waals surface area contributed by atoms with E-state index in [-0.39, 0.29) is 29.9 Å². The molecule has 0 bridgehead atoms. The molecule has 0 heterocycles. The van der Waals surface area contributed by atoms with Crippen molar-refractivity contribution in [2.24, 2.45) is 4.99 Å². The maximum Gasteiger partial charge on any atom is 0.221 e. The van der Waals surface area contributed by atoms with Crippen LogP contribution in [-0.4, -0.2) is 32.1 Å². The van der Waals surface area contributed by atoms with Gasteiger partial charge in [-0.1, -0.05) is 36.9 Å². The number of rotatable bonds is 10. The highest BCUT2D eigenvalue weighted by molar-refractivity contribution is 14.0. The average Bonchev–Trinajstić information content (AvgIpc) is 2.74. The zero-order valence-corrected chi connectivity index (χ0v) is 20.6. The monoisotopic (exact) mass is 538 g/mol. The number of nitrogens with one attached hydrogen (secondary N) is 3. The molecule has 0 aliphatic rings. The Bertz CT molecular complexity index is 887. The molecule has 8 heteroatoms. The number of para-hydroxylation sites is 1. The minimum Gasteiger partial charge on any atom is -0.495 e. The fourth-order valence-corrected chi connectivity index (χ4v) is 2.77. The van der Waals surface area contributed by atoms with Crippen molar-refractivity contribution in [3.8, 4) is 11.5 Å².